The molecule has 8 heteroatoms. The number of aromatic amines is 1. The molecule has 2 aliphatic rings. The number of hydrogen-bond donors (Lipinski definition) is 1. The number of piperidine rings is 1. The molecule has 1 aliphatic carbocycles. The summed E-state index contributed by atoms with van der Waals surface area (Å²) in [5.41, 5.74) is -0.0290. The number of nitrogens with zero attached hydrogens (tertiary/aromatic N) is 4. The highest BCUT2D eigenvalue weighted by molar-refractivity contribution is 5.73. The Hall–Kier alpha value is -2.38. The topological polar surface area (TPSA) is 93.1 Å². The van der Waals surface area contributed by atoms with Gasteiger partial charge in [-0.2, -0.15) is 5.10 Å². The van der Waals surface area contributed by atoms with Crippen LogP contribution >= 0.6 is 0 Å². The molecule has 29 heavy (non-hydrogen) atoms. The van der Waals surface area contributed by atoms with Crippen molar-refractivity contribution in [2.24, 2.45) is 5.92 Å². The van der Waals surface area contributed by atoms with Crippen LogP contribution in [0.15, 0.2) is 11.0 Å². The number of fused-ring (bicyclic) bond motifs is 1. The van der Waals surface area contributed by atoms with Crippen molar-refractivity contribution < 1.29 is 9.53 Å². The van der Waals surface area contributed by atoms with E-state index in [1.165, 1.54) is 25.7 Å². The van der Waals surface area contributed by atoms with E-state index in [4.69, 9.17) is 9.72 Å². The maximum atomic E-state index is 12.6. The Labute approximate surface area is 170 Å². The normalized spacial score (nSPS) is 21.1. The second-order valence-corrected chi connectivity index (χ2v) is 9.42. The van der Waals surface area contributed by atoms with Gasteiger partial charge in [0.1, 0.15) is 16.8 Å². The SMILES string of the molecule is CC(C)(C)OC(=O)N1CCCC(n2ncc3c(=O)[nH]c(CC4CCCC4)nc32)C1. The summed E-state index contributed by atoms with van der Waals surface area (Å²) >= 11 is 0. The molecule has 0 radical (unpaired) electrons. The summed E-state index contributed by atoms with van der Waals surface area (Å²) in [6, 6.07) is -0.0117. The van der Waals surface area contributed by atoms with E-state index in [1.807, 2.05) is 25.5 Å². The van der Waals surface area contributed by atoms with Crippen molar-refractivity contribution in [1.82, 2.24) is 24.6 Å². The molecule has 1 amide bonds. The highest BCUT2D eigenvalue weighted by atomic mass is 16.6. The van der Waals surface area contributed by atoms with E-state index in [2.05, 4.69) is 10.1 Å². The van der Waals surface area contributed by atoms with Crippen LogP contribution in [-0.2, 0) is 11.2 Å². The molecule has 2 fully saturated rings. The zero-order chi connectivity index (χ0) is 20.6. The summed E-state index contributed by atoms with van der Waals surface area (Å²) < 4.78 is 7.36. The first-order valence-corrected chi connectivity index (χ1v) is 10.7. The van der Waals surface area contributed by atoms with Crippen molar-refractivity contribution in [3.63, 3.8) is 0 Å². The largest absolute Gasteiger partial charge is 0.444 e. The van der Waals surface area contributed by atoms with Gasteiger partial charge in [-0.1, -0.05) is 25.7 Å². The summed E-state index contributed by atoms with van der Waals surface area (Å²) in [6.07, 6.45) is 8.79. The van der Waals surface area contributed by atoms with Crippen molar-refractivity contribution >= 4 is 17.1 Å². The van der Waals surface area contributed by atoms with E-state index in [0.717, 1.165) is 25.1 Å². The number of aromatic nitrogens is 4. The van der Waals surface area contributed by atoms with E-state index in [1.54, 1.807) is 11.1 Å². The van der Waals surface area contributed by atoms with E-state index in [-0.39, 0.29) is 17.7 Å². The number of carbonyl (C=O) groups is 1. The maximum Gasteiger partial charge on any atom is 0.410 e. The molecule has 1 N–H and O–H groups in total. The van der Waals surface area contributed by atoms with Crippen molar-refractivity contribution in [3.8, 4) is 0 Å². The fourth-order valence-electron chi connectivity index (χ4n) is 4.48. The molecule has 1 unspecified atom stereocenters. The molecule has 0 aromatic carbocycles. The predicted octanol–water partition coefficient (Wildman–Crippen LogP) is 3.42. The van der Waals surface area contributed by atoms with Gasteiger partial charge >= 0.3 is 6.09 Å². The zero-order valence-electron chi connectivity index (χ0n) is 17.6. The lowest BCUT2D eigenvalue weighted by molar-refractivity contribution is 0.0169. The number of likely N-dealkylation sites (tertiary alicyclic amines) is 1. The minimum absolute atomic E-state index is 0.0117. The maximum absolute atomic E-state index is 12.6. The van der Waals surface area contributed by atoms with Crippen LogP contribution < -0.4 is 5.56 Å². The van der Waals surface area contributed by atoms with Crippen molar-refractivity contribution in [2.45, 2.75) is 77.4 Å². The smallest absolute Gasteiger partial charge is 0.410 e. The van der Waals surface area contributed by atoms with Crippen LogP contribution in [0.5, 0.6) is 0 Å². The second-order valence-electron chi connectivity index (χ2n) is 9.42. The fourth-order valence-corrected chi connectivity index (χ4v) is 4.48. The number of carbonyl (C=O) groups excluding carboxylic acids is 1. The summed E-state index contributed by atoms with van der Waals surface area (Å²) in [7, 11) is 0. The predicted molar refractivity (Wildman–Crippen MR) is 110 cm³/mol. The molecule has 2 aromatic rings. The van der Waals surface area contributed by atoms with Gasteiger partial charge in [-0.3, -0.25) is 4.79 Å². The average molecular weight is 402 g/mol. The number of H-pyrrole nitrogens is 1. The van der Waals surface area contributed by atoms with Gasteiger partial charge in [0.2, 0.25) is 0 Å². The Morgan fingerprint density at radius 2 is 2.00 bits per heavy atom. The van der Waals surface area contributed by atoms with Gasteiger partial charge in [0, 0.05) is 19.5 Å². The summed E-state index contributed by atoms with van der Waals surface area (Å²) in [4.78, 5) is 34.5. The summed E-state index contributed by atoms with van der Waals surface area (Å²) in [5, 5.41) is 4.99. The minimum Gasteiger partial charge on any atom is -0.444 e. The molecule has 1 atom stereocenters. The molecular weight excluding hydrogens is 370 g/mol. The highest BCUT2D eigenvalue weighted by Crippen LogP contribution is 2.28. The van der Waals surface area contributed by atoms with Crippen molar-refractivity contribution in [2.75, 3.05) is 13.1 Å². The van der Waals surface area contributed by atoms with E-state index >= 15 is 0 Å². The van der Waals surface area contributed by atoms with Gasteiger partial charge in [-0.25, -0.2) is 14.5 Å². The molecule has 8 nitrogen and oxygen atoms in total. The van der Waals surface area contributed by atoms with Gasteiger partial charge in [0.25, 0.3) is 5.56 Å². The molecule has 0 spiro atoms. The Morgan fingerprint density at radius 1 is 1.24 bits per heavy atom. The van der Waals surface area contributed by atoms with E-state index < -0.39 is 5.60 Å². The first kappa shape index (κ1) is 19.9. The number of rotatable bonds is 3. The van der Waals surface area contributed by atoms with Gasteiger partial charge in [-0.15, -0.1) is 0 Å². The lowest BCUT2D eigenvalue weighted by Gasteiger charge is -2.34. The third kappa shape index (κ3) is 4.46. The average Bonchev–Trinajstić information content (AvgIpc) is 3.30. The quantitative estimate of drug-likeness (QED) is 0.850. The van der Waals surface area contributed by atoms with Crippen molar-refractivity contribution in [1.29, 1.82) is 0 Å². The monoisotopic (exact) mass is 401 g/mol. The van der Waals surface area contributed by atoms with Crippen LogP contribution in [0.25, 0.3) is 11.0 Å². The van der Waals surface area contributed by atoms with E-state index in [0.29, 0.717) is 30.0 Å². The number of ether oxygens (including phenoxy) is 1. The molecule has 0 bridgehead atoms. The Bertz CT molecular complexity index is 936. The molecular formula is C21H31N5O3. The lowest BCUT2D eigenvalue weighted by atomic mass is 10.0. The van der Waals surface area contributed by atoms with Gasteiger partial charge in [0.05, 0.1) is 12.2 Å². The van der Waals surface area contributed by atoms with Gasteiger partial charge < -0.3 is 14.6 Å². The highest BCUT2D eigenvalue weighted by Gasteiger charge is 2.30. The molecule has 1 saturated heterocycles. The zero-order valence-corrected chi connectivity index (χ0v) is 17.6. The molecule has 1 saturated carbocycles. The van der Waals surface area contributed by atoms with Crippen LogP contribution in [0.4, 0.5) is 4.79 Å². The minimum atomic E-state index is -0.521. The molecule has 158 valence electrons. The Kier molecular flexibility index (Phi) is 5.36. The third-order valence-electron chi connectivity index (χ3n) is 5.86. The van der Waals surface area contributed by atoms with Crippen LogP contribution in [0.3, 0.4) is 0 Å². The number of hydrogen-bond acceptors (Lipinski definition) is 5. The van der Waals surface area contributed by atoms with Crippen LogP contribution in [0.1, 0.15) is 71.2 Å². The summed E-state index contributed by atoms with van der Waals surface area (Å²) in [6.45, 7) is 6.80. The first-order chi connectivity index (χ1) is 13.8. The first-order valence-electron chi connectivity index (χ1n) is 10.7. The third-order valence-corrected chi connectivity index (χ3v) is 5.86. The Morgan fingerprint density at radius 3 is 2.72 bits per heavy atom. The van der Waals surface area contributed by atoms with Crippen molar-refractivity contribution in [3.05, 3.63) is 22.4 Å². The summed E-state index contributed by atoms with van der Waals surface area (Å²) in [5.74, 6) is 1.35. The van der Waals surface area contributed by atoms with Crippen LogP contribution in [0, 0.1) is 5.92 Å². The Balaban J connectivity index is 1.57. The second kappa shape index (κ2) is 7.80. The standard InChI is InChI=1S/C21H31N5O3/c1-21(2,3)29-20(28)25-10-6-9-15(13-25)26-18-16(12-22-26)19(27)24-17(23-18)11-14-7-4-5-8-14/h12,14-15H,4-11,13H2,1-3H3,(H,23,24,27). The van der Waals surface area contributed by atoms with Crippen LogP contribution in [-0.4, -0.2) is 49.4 Å². The molecule has 2 aromatic heterocycles. The number of nitrogens with one attached hydrogen (secondary N) is 1. The molecule has 3 heterocycles. The molecule has 1 aliphatic heterocycles. The number of amides is 1. The van der Waals surface area contributed by atoms with E-state index in [9.17, 15) is 9.59 Å². The lowest BCUT2D eigenvalue weighted by Crippen LogP contribution is -2.43. The fraction of sp³-hybridized carbons (Fsp3) is 0.714. The van der Waals surface area contributed by atoms with Gasteiger partial charge in [-0.05, 0) is 39.5 Å². The molecule has 4 rings (SSSR count). The van der Waals surface area contributed by atoms with Crippen LogP contribution in [0.2, 0.25) is 0 Å². The van der Waals surface area contributed by atoms with Gasteiger partial charge in [0.15, 0.2) is 5.65 Å².